The van der Waals surface area contributed by atoms with Crippen LogP contribution in [0, 0.1) is 0 Å². The Balaban J connectivity index is 1.99. The molecule has 0 amide bonds. The van der Waals surface area contributed by atoms with Crippen molar-refractivity contribution in [2.45, 2.75) is 25.9 Å². The third-order valence-electron chi connectivity index (χ3n) is 3.28. The molecule has 3 rings (SSSR count). The van der Waals surface area contributed by atoms with Crippen LogP contribution in [0.4, 0.5) is 0 Å². The predicted molar refractivity (Wildman–Crippen MR) is 78.1 cm³/mol. The summed E-state index contributed by atoms with van der Waals surface area (Å²) in [6.07, 6.45) is 6.50. The molecule has 0 saturated carbocycles. The maximum Gasteiger partial charge on any atom is 0.131 e. The lowest BCUT2D eigenvalue weighted by molar-refractivity contribution is 0.607. The van der Waals surface area contributed by atoms with Gasteiger partial charge in [-0.15, -0.1) is 0 Å². The van der Waals surface area contributed by atoms with Crippen molar-refractivity contribution in [2.24, 2.45) is 5.73 Å². The van der Waals surface area contributed by atoms with Gasteiger partial charge >= 0.3 is 0 Å². The van der Waals surface area contributed by atoms with Gasteiger partial charge in [0.15, 0.2) is 0 Å². The van der Waals surface area contributed by atoms with Gasteiger partial charge in [-0.3, -0.25) is 4.98 Å². The van der Waals surface area contributed by atoms with Crippen LogP contribution in [0.3, 0.4) is 0 Å². The maximum atomic E-state index is 6.30. The second-order valence-electron chi connectivity index (χ2n) is 4.74. The van der Waals surface area contributed by atoms with Crippen LogP contribution in [-0.2, 0) is 6.54 Å². The summed E-state index contributed by atoms with van der Waals surface area (Å²) in [5.74, 6) is 0.830. The number of imidazole rings is 1. The highest BCUT2D eigenvalue weighted by Crippen LogP contribution is 2.18. The Morgan fingerprint density at radius 1 is 1.20 bits per heavy atom. The van der Waals surface area contributed by atoms with E-state index >= 15 is 0 Å². The topological polar surface area (TPSA) is 69.6 Å². The molecule has 102 valence electrons. The molecule has 5 heteroatoms. The Bertz CT molecular complexity index is 719. The van der Waals surface area contributed by atoms with Crippen molar-refractivity contribution in [3.8, 4) is 0 Å². The van der Waals surface area contributed by atoms with Gasteiger partial charge in [0.1, 0.15) is 11.9 Å². The Hall–Kier alpha value is -2.27. The van der Waals surface area contributed by atoms with Gasteiger partial charge in [0, 0.05) is 18.9 Å². The zero-order valence-electron chi connectivity index (χ0n) is 11.4. The highest BCUT2D eigenvalue weighted by atomic mass is 15.1. The third-order valence-corrected chi connectivity index (χ3v) is 3.28. The van der Waals surface area contributed by atoms with Crippen molar-refractivity contribution in [1.82, 2.24) is 19.5 Å². The minimum Gasteiger partial charge on any atom is -0.333 e. The molecule has 2 aromatic heterocycles. The lowest BCUT2D eigenvalue weighted by Gasteiger charge is -2.13. The summed E-state index contributed by atoms with van der Waals surface area (Å²) in [4.78, 5) is 13.4. The zero-order valence-corrected chi connectivity index (χ0v) is 11.4. The summed E-state index contributed by atoms with van der Waals surface area (Å²) in [5.41, 5.74) is 8.77. The molecule has 0 bridgehead atoms. The van der Waals surface area contributed by atoms with Gasteiger partial charge in [-0.2, -0.15) is 0 Å². The average Bonchev–Trinajstić information content (AvgIpc) is 2.94. The zero-order chi connectivity index (χ0) is 13.9. The van der Waals surface area contributed by atoms with Gasteiger partial charge in [0.2, 0.25) is 0 Å². The molecule has 20 heavy (non-hydrogen) atoms. The normalized spacial score (nSPS) is 12.7. The monoisotopic (exact) mass is 267 g/mol. The number of rotatable bonds is 4. The standard InChI is InChI=1S/C15H17N5/c1-2-8-20-9-7-17-15(20)14(16)13-10-18-11-5-3-4-6-12(11)19-13/h3-7,9-10,14H,2,8,16H2,1H3. The summed E-state index contributed by atoms with van der Waals surface area (Å²) in [7, 11) is 0. The minimum absolute atomic E-state index is 0.353. The number of hydrogen-bond acceptors (Lipinski definition) is 4. The molecule has 3 aromatic rings. The van der Waals surface area contributed by atoms with Crippen molar-refractivity contribution in [2.75, 3.05) is 0 Å². The molecule has 1 atom stereocenters. The predicted octanol–water partition coefficient (Wildman–Crippen LogP) is 2.28. The van der Waals surface area contributed by atoms with Gasteiger partial charge < -0.3 is 10.3 Å². The summed E-state index contributed by atoms with van der Waals surface area (Å²) in [6.45, 7) is 3.04. The Morgan fingerprint density at radius 2 is 2.00 bits per heavy atom. The molecule has 0 fully saturated rings. The van der Waals surface area contributed by atoms with Crippen LogP contribution in [0.1, 0.15) is 30.9 Å². The van der Waals surface area contributed by atoms with Crippen LogP contribution in [-0.4, -0.2) is 19.5 Å². The number of fused-ring (bicyclic) bond motifs is 1. The Labute approximate surface area is 117 Å². The fraction of sp³-hybridized carbons (Fsp3) is 0.267. The maximum absolute atomic E-state index is 6.30. The molecule has 0 radical (unpaired) electrons. The van der Waals surface area contributed by atoms with E-state index in [0.29, 0.717) is 0 Å². The van der Waals surface area contributed by atoms with Crippen LogP contribution in [0.25, 0.3) is 11.0 Å². The van der Waals surface area contributed by atoms with Crippen molar-refractivity contribution < 1.29 is 0 Å². The first kappa shape index (κ1) is 12.7. The average molecular weight is 267 g/mol. The highest BCUT2D eigenvalue weighted by Gasteiger charge is 2.16. The van der Waals surface area contributed by atoms with Crippen molar-refractivity contribution in [1.29, 1.82) is 0 Å². The second-order valence-corrected chi connectivity index (χ2v) is 4.74. The largest absolute Gasteiger partial charge is 0.333 e. The minimum atomic E-state index is -0.353. The van der Waals surface area contributed by atoms with E-state index in [9.17, 15) is 0 Å². The quantitative estimate of drug-likeness (QED) is 0.787. The number of nitrogens with two attached hydrogens (primary N) is 1. The van der Waals surface area contributed by atoms with E-state index in [-0.39, 0.29) is 6.04 Å². The van der Waals surface area contributed by atoms with Crippen molar-refractivity contribution in [3.05, 3.63) is 54.4 Å². The fourth-order valence-corrected chi connectivity index (χ4v) is 2.28. The highest BCUT2D eigenvalue weighted by molar-refractivity contribution is 5.73. The second kappa shape index (κ2) is 5.38. The van der Waals surface area contributed by atoms with E-state index < -0.39 is 0 Å². The number of benzene rings is 1. The first-order chi connectivity index (χ1) is 9.79. The summed E-state index contributed by atoms with van der Waals surface area (Å²) < 4.78 is 2.07. The molecular weight excluding hydrogens is 250 g/mol. The van der Waals surface area contributed by atoms with Crippen LogP contribution in [0.2, 0.25) is 0 Å². The van der Waals surface area contributed by atoms with E-state index in [1.165, 1.54) is 0 Å². The Morgan fingerprint density at radius 3 is 2.80 bits per heavy atom. The van der Waals surface area contributed by atoms with Gasteiger partial charge in [0.25, 0.3) is 0 Å². The number of aromatic nitrogens is 4. The lowest BCUT2D eigenvalue weighted by Crippen LogP contribution is -2.19. The van der Waals surface area contributed by atoms with Crippen LogP contribution in [0.5, 0.6) is 0 Å². The first-order valence-corrected chi connectivity index (χ1v) is 6.78. The van der Waals surface area contributed by atoms with Crippen molar-refractivity contribution >= 4 is 11.0 Å². The molecule has 0 saturated heterocycles. The molecule has 0 aliphatic heterocycles. The molecule has 1 aromatic carbocycles. The molecule has 2 heterocycles. The molecule has 1 unspecified atom stereocenters. The lowest BCUT2D eigenvalue weighted by atomic mass is 10.2. The molecule has 0 aliphatic rings. The van der Waals surface area contributed by atoms with E-state index in [2.05, 4.69) is 26.4 Å². The molecule has 0 aliphatic carbocycles. The Kier molecular flexibility index (Phi) is 3.43. The van der Waals surface area contributed by atoms with Gasteiger partial charge in [-0.25, -0.2) is 9.97 Å². The molecule has 2 N–H and O–H groups in total. The number of hydrogen-bond donors (Lipinski definition) is 1. The molecule has 0 spiro atoms. The summed E-state index contributed by atoms with van der Waals surface area (Å²) >= 11 is 0. The summed E-state index contributed by atoms with van der Waals surface area (Å²) in [6, 6.07) is 7.43. The van der Waals surface area contributed by atoms with Crippen LogP contribution >= 0.6 is 0 Å². The number of aryl methyl sites for hydroxylation is 1. The van der Waals surface area contributed by atoms with Crippen molar-refractivity contribution in [3.63, 3.8) is 0 Å². The van der Waals surface area contributed by atoms with E-state index in [1.54, 1.807) is 12.4 Å². The smallest absolute Gasteiger partial charge is 0.131 e. The van der Waals surface area contributed by atoms with Gasteiger partial charge in [-0.1, -0.05) is 19.1 Å². The van der Waals surface area contributed by atoms with Crippen LogP contribution in [0.15, 0.2) is 42.9 Å². The van der Waals surface area contributed by atoms with Gasteiger partial charge in [-0.05, 0) is 18.6 Å². The fourth-order valence-electron chi connectivity index (χ4n) is 2.28. The first-order valence-electron chi connectivity index (χ1n) is 6.78. The van der Waals surface area contributed by atoms with E-state index in [4.69, 9.17) is 5.73 Å². The third kappa shape index (κ3) is 2.28. The van der Waals surface area contributed by atoms with E-state index in [0.717, 1.165) is 35.5 Å². The molecule has 5 nitrogen and oxygen atoms in total. The SMILES string of the molecule is CCCn1ccnc1C(N)c1cnc2ccccc2n1. The van der Waals surface area contributed by atoms with Gasteiger partial charge in [0.05, 0.1) is 22.9 Å². The van der Waals surface area contributed by atoms with Crippen LogP contribution < -0.4 is 5.73 Å². The number of para-hydroxylation sites is 2. The number of nitrogens with zero attached hydrogens (tertiary/aromatic N) is 4. The summed E-state index contributed by atoms with van der Waals surface area (Å²) in [5, 5.41) is 0. The molecular formula is C15H17N5. The van der Waals surface area contributed by atoms with E-state index in [1.807, 2.05) is 30.5 Å².